The van der Waals surface area contributed by atoms with Crippen molar-refractivity contribution in [2.45, 2.75) is 18.1 Å². The van der Waals surface area contributed by atoms with Crippen LogP contribution < -0.4 is 5.32 Å². The van der Waals surface area contributed by atoms with Crippen molar-refractivity contribution in [1.29, 1.82) is 0 Å². The quantitative estimate of drug-likeness (QED) is 0.630. The maximum absolute atomic E-state index is 5.63. The number of para-hydroxylation sites is 2. The lowest BCUT2D eigenvalue weighted by Gasteiger charge is -2.00. The lowest BCUT2D eigenvalue weighted by Crippen LogP contribution is -2.19. The minimum Gasteiger partial charge on any atom is -0.431 e. The van der Waals surface area contributed by atoms with E-state index in [-0.39, 0.29) is 0 Å². The largest absolute Gasteiger partial charge is 0.431 e. The van der Waals surface area contributed by atoms with Crippen LogP contribution in [0.5, 0.6) is 0 Å². The summed E-state index contributed by atoms with van der Waals surface area (Å²) in [4.78, 5) is 4.43. The van der Waals surface area contributed by atoms with Crippen LogP contribution in [0.4, 0.5) is 0 Å². The van der Waals surface area contributed by atoms with E-state index in [4.69, 9.17) is 4.42 Å². The van der Waals surface area contributed by atoms with Gasteiger partial charge >= 0.3 is 0 Å². The molecule has 1 heterocycles. The lowest BCUT2D eigenvalue weighted by molar-refractivity contribution is 0.489. The van der Waals surface area contributed by atoms with E-state index in [2.05, 4.69) is 10.3 Å². The molecule has 0 spiro atoms. The van der Waals surface area contributed by atoms with Crippen molar-refractivity contribution in [3.63, 3.8) is 0 Å². The number of fused-ring (bicyclic) bond motifs is 1. The summed E-state index contributed by atoms with van der Waals surface area (Å²) in [6.45, 7) is 2.20. The minimum atomic E-state index is 0.777. The third kappa shape index (κ3) is 3.01. The summed E-state index contributed by atoms with van der Waals surface area (Å²) in [7, 11) is 0. The summed E-state index contributed by atoms with van der Waals surface area (Å²) < 4.78 is 5.63. The standard InChI is InChI=1S/C13H16N2OS/c1-2-4-12-11(3-1)15-13(16-12)17-8-7-14-9-10-5-6-10/h1-4,10,14H,5-9H2. The van der Waals surface area contributed by atoms with Gasteiger partial charge in [-0.1, -0.05) is 23.9 Å². The Balaban J connectivity index is 1.46. The molecule has 3 nitrogen and oxygen atoms in total. The highest BCUT2D eigenvalue weighted by molar-refractivity contribution is 7.99. The monoisotopic (exact) mass is 248 g/mol. The molecule has 2 aromatic rings. The van der Waals surface area contributed by atoms with Gasteiger partial charge in [-0.15, -0.1) is 0 Å². The molecule has 1 aliphatic rings. The Bertz CT molecular complexity index is 460. The van der Waals surface area contributed by atoms with Gasteiger partial charge in [0.15, 0.2) is 5.58 Å². The summed E-state index contributed by atoms with van der Waals surface area (Å²) in [5, 5.41) is 4.24. The molecular weight excluding hydrogens is 232 g/mol. The van der Waals surface area contributed by atoms with Crippen molar-refractivity contribution in [2.24, 2.45) is 5.92 Å². The number of rotatable bonds is 6. The van der Waals surface area contributed by atoms with Gasteiger partial charge in [0.1, 0.15) is 5.52 Å². The van der Waals surface area contributed by atoms with E-state index in [1.807, 2.05) is 24.3 Å². The molecule has 3 rings (SSSR count). The molecule has 1 saturated carbocycles. The van der Waals surface area contributed by atoms with E-state index in [0.29, 0.717) is 0 Å². The molecule has 17 heavy (non-hydrogen) atoms. The van der Waals surface area contributed by atoms with Crippen molar-refractivity contribution >= 4 is 22.9 Å². The van der Waals surface area contributed by atoms with E-state index in [1.165, 1.54) is 19.4 Å². The molecule has 1 aromatic heterocycles. The maximum Gasteiger partial charge on any atom is 0.256 e. The maximum atomic E-state index is 5.63. The number of nitrogens with zero attached hydrogens (tertiary/aromatic N) is 1. The van der Waals surface area contributed by atoms with Crippen LogP contribution in [0.25, 0.3) is 11.1 Å². The molecule has 0 atom stereocenters. The molecule has 1 aliphatic carbocycles. The van der Waals surface area contributed by atoms with E-state index in [9.17, 15) is 0 Å². The Kier molecular flexibility index (Phi) is 3.34. The first-order valence-electron chi connectivity index (χ1n) is 6.11. The summed E-state index contributed by atoms with van der Waals surface area (Å²) in [6.07, 6.45) is 2.82. The van der Waals surface area contributed by atoms with Crippen LogP contribution in [0, 0.1) is 5.92 Å². The zero-order valence-corrected chi connectivity index (χ0v) is 10.5. The van der Waals surface area contributed by atoms with Crippen LogP contribution in [0.1, 0.15) is 12.8 Å². The van der Waals surface area contributed by atoms with E-state index in [1.54, 1.807) is 11.8 Å². The van der Waals surface area contributed by atoms with Gasteiger partial charge in [0.05, 0.1) is 0 Å². The highest BCUT2D eigenvalue weighted by atomic mass is 32.2. The van der Waals surface area contributed by atoms with Gasteiger partial charge in [0.2, 0.25) is 0 Å². The first-order valence-corrected chi connectivity index (χ1v) is 7.09. The molecule has 4 heteroatoms. The van der Waals surface area contributed by atoms with Crippen molar-refractivity contribution in [2.75, 3.05) is 18.8 Å². The van der Waals surface area contributed by atoms with Gasteiger partial charge in [0.25, 0.3) is 5.22 Å². The fraction of sp³-hybridized carbons (Fsp3) is 0.462. The third-order valence-corrected chi connectivity index (χ3v) is 3.74. The van der Waals surface area contributed by atoms with Crippen LogP contribution >= 0.6 is 11.8 Å². The van der Waals surface area contributed by atoms with Crippen LogP contribution in [0.15, 0.2) is 33.9 Å². The van der Waals surface area contributed by atoms with E-state index >= 15 is 0 Å². The van der Waals surface area contributed by atoms with Gasteiger partial charge < -0.3 is 9.73 Å². The van der Waals surface area contributed by atoms with Gasteiger partial charge in [-0.2, -0.15) is 0 Å². The highest BCUT2D eigenvalue weighted by Crippen LogP contribution is 2.27. The molecule has 1 N–H and O–H groups in total. The molecule has 0 aliphatic heterocycles. The number of nitrogens with one attached hydrogen (secondary N) is 1. The number of oxazole rings is 1. The van der Waals surface area contributed by atoms with Crippen LogP contribution in [-0.4, -0.2) is 23.8 Å². The number of thioether (sulfide) groups is 1. The molecule has 1 aromatic carbocycles. The summed E-state index contributed by atoms with van der Waals surface area (Å²) >= 11 is 1.68. The predicted octanol–water partition coefficient (Wildman–Crippen LogP) is 2.92. The molecule has 0 amide bonds. The Morgan fingerprint density at radius 1 is 1.35 bits per heavy atom. The molecule has 0 unspecified atom stereocenters. The molecule has 1 fully saturated rings. The molecular formula is C13H16N2OS. The van der Waals surface area contributed by atoms with Crippen LogP contribution in [-0.2, 0) is 0 Å². The summed E-state index contributed by atoms with van der Waals surface area (Å²) in [5.41, 5.74) is 1.82. The van der Waals surface area contributed by atoms with Crippen molar-refractivity contribution in [3.05, 3.63) is 24.3 Å². The molecule has 0 saturated heterocycles. The Labute approximate surface area is 105 Å². The fourth-order valence-electron chi connectivity index (χ4n) is 1.75. The zero-order chi connectivity index (χ0) is 11.5. The van der Waals surface area contributed by atoms with Gasteiger partial charge in [-0.3, -0.25) is 0 Å². The van der Waals surface area contributed by atoms with Gasteiger partial charge in [-0.25, -0.2) is 4.98 Å². The predicted molar refractivity (Wildman–Crippen MR) is 70.3 cm³/mol. The van der Waals surface area contributed by atoms with Gasteiger partial charge in [0, 0.05) is 12.3 Å². The van der Waals surface area contributed by atoms with Crippen molar-refractivity contribution in [3.8, 4) is 0 Å². The first kappa shape index (κ1) is 11.1. The number of hydrogen-bond acceptors (Lipinski definition) is 4. The second kappa shape index (κ2) is 5.10. The molecule has 90 valence electrons. The Hall–Kier alpha value is -1.00. The highest BCUT2D eigenvalue weighted by Gasteiger charge is 2.19. The van der Waals surface area contributed by atoms with Crippen LogP contribution in [0.3, 0.4) is 0 Å². The molecule has 0 radical (unpaired) electrons. The lowest BCUT2D eigenvalue weighted by atomic mass is 10.3. The summed E-state index contributed by atoms with van der Waals surface area (Å²) in [6, 6.07) is 7.89. The van der Waals surface area contributed by atoms with Crippen molar-refractivity contribution < 1.29 is 4.42 Å². The summed E-state index contributed by atoms with van der Waals surface area (Å²) in [5.74, 6) is 1.96. The van der Waals surface area contributed by atoms with Crippen LogP contribution in [0.2, 0.25) is 0 Å². The minimum absolute atomic E-state index is 0.777. The normalized spacial score (nSPS) is 15.5. The first-order chi connectivity index (χ1) is 8.42. The SMILES string of the molecule is c1ccc2oc(SCCNCC3CC3)nc2c1. The second-order valence-electron chi connectivity index (χ2n) is 4.44. The number of benzene rings is 1. The number of aromatic nitrogens is 1. The fourth-order valence-corrected chi connectivity index (χ4v) is 2.48. The number of hydrogen-bond donors (Lipinski definition) is 1. The van der Waals surface area contributed by atoms with E-state index in [0.717, 1.165) is 34.5 Å². The smallest absolute Gasteiger partial charge is 0.256 e. The van der Waals surface area contributed by atoms with Crippen molar-refractivity contribution in [1.82, 2.24) is 10.3 Å². The van der Waals surface area contributed by atoms with Gasteiger partial charge in [-0.05, 0) is 37.4 Å². The average molecular weight is 248 g/mol. The average Bonchev–Trinajstić information content (AvgIpc) is 3.07. The molecule has 0 bridgehead atoms. The Morgan fingerprint density at radius 2 is 2.24 bits per heavy atom. The Morgan fingerprint density at radius 3 is 3.06 bits per heavy atom. The third-order valence-electron chi connectivity index (χ3n) is 2.91. The zero-order valence-electron chi connectivity index (χ0n) is 9.69. The topological polar surface area (TPSA) is 38.1 Å². The van der Waals surface area contributed by atoms with E-state index < -0.39 is 0 Å². The second-order valence-corrected chi connectivity index (χ2v) is 5.49.